The molecule has 0 bridgehead atoms. The summed E-state index contributed by atoms with van der Waals surface area (Å²) in [6.45, 7) is 14.4. The number of fused-ring (bicyclic) bond motifs is 1. The van der Waals surface area contributed by atoms with Crippen molar-refractivity contribution >= 4 is 11.4 Å². The van der Waals surface area contributed by atoms with E-state index in [1.807, 2.05) is 0 Å². The van der Waals surface area contributed by atoms with Crippen molar-refractivity contribution in [2.24, 2.45) is 0 Å². The zero-order chi connectivity index (χ0) is 19.3. The Labute approximate surface area is 164 Å². The largest absolute Gasteiger partial charge is 0.344 e. The molecule has 4 rings (SSSR count). The van der Waals surface area contributed by atoms with Gasteiger partial charge < -0.3 is 9.80 Å². The van der Waals surface area contributed by atoms with E-state index in [1.165, 1.54) is 69.7 Å². The van der Waals surface area contributed by atoms with E-state index in [0.29, 0.717) is 6.04 Å². The highest BCUT2D eigenvalue weighted by Crippen LogP contribution is 2.42. The van der Waals surface area contributed by atoms with Gasteiger partial charge in [0.15, 0.2) is 0 Å². The van der Waals surface area contributed by atoms with Crippen LogP contribution in [-0.2, 0) is 0 Å². The van der Waals surface area contributed by atoms with Crippen LogP contribution in [0.25, 0.3) is 0 Å². The normalized spacial score (nSPS) is 19.3. The number of benzene rings is 2. The van der Waals surface area contributed by atoms with Crippen LogP contribution in [0.15, 0.2) is 36.0 Å². The molecule has 0 spiro atoms. The van der Waals surface area contributed by atoms with Gasteiger partial charge in [-0.25, -0.2) is 0 Å². The predicted octanol–water partition coefficient (Wildman–Crippen LogP) is 6.26. The second kappa shape index (κ2) is 6.74. The first kappa shape index (κ1) is 18.2. The number of aryl methyl sites for hydroxylation is 6. The zero-order valence-electron chi connectivity index (χ0n) is 17.7. The van der Waals surface area contributed by atoms with E-state index in [-0.39, 0.29) is 0 Å². The first-order valence-electron chi connectivity index (χ1n) is 10.3. The first-order chi connectivity index (χ1) is 12.9. The van der Waals surface area contributed by atoms with Crippen LogP contribution < -0.4 is 9.80 Å². The van der Waals surface area contributed by atoms with Crippen LogP contribution in [-0.4, -0.2) is 12.7 Å². The van der Waals surface area contributed by atoms with Crippen molar-refractivity contribution in [3.05, 3.63) is 69.4 Å². The Morgan fingerprint density at radius 2 is 1.26 bits per heavy atom. The quantitative estimate of drug-likeness (QED) is 0.624. The summed E-state index contributed by atoms with van der Waals surface area (Å²) in [4.78, 5) is 5.25. The van der Waals surface area contributed by atoms with Crippen LogP contribution in [0.1, 0.15) is 52.6 Å². The fraction of sp³-hybridized carbons (Fsp3) is 0.440. The molecular formula is C25H32N2. The van der Waals surface area contributed by atoms with E-state index in [9.17, 15) is 0 Å². The van der Waals surface area contributed by atoms with Crippen LogP contribution >= 0.6 is 0 Å². The first-order valence-corrected chi connectivity index (χ1v) is 10.3. The Morgan fingerprint density at radius 3 is 1.81 bits per heavy atom. The molecule has 1 aliphatic heterocycles. The SMILES string of the molecule is Cc1cc(C)c(N2CN(c3c(C)cc(C)cc3C)[C@H]3CCCC=C32)c(C)c1. The highest BCUT2D eigenvalue weighted by Gasteiger charge is 2.38. The number of hydrogen-bond acceptors (Lipinski definition) is 2. The fourth-order valence-corrected chi connectivity index (χ4v) is 5.43. The standard InChI is InChI=1S/C25H32N2/c1-16-11-18(3)24(19(4)12-16)26-15-27(23-10-8-7-9-22(23)26)25-20(5)13-17(2)14-21(25)6/h9,11-14,23H,7-8,10,15H2,1-6H3/t23-/m0/s1. The molecule has 0 aromatic heterocycles. The smallest absolute Gasteiger partial charge is 0.0956 e. The lowest BCUT2D eigenvalue weighted by Gasteiger charge is -2.30. The number of nitrogens with zero attached hydrogens (tertiary/aromatic N) is 2. The van der Waals surface area contributed by atoms with Gasteiger partial charge in [-0.1, -0.05) is 41.5 Å². The van der Waals surface area contributed by atoms with Gasteiger partial charge >= 0.3 is 0 Å². The molecule has 0 N–H and O–H groups in total. The lowest BCUT2D eigenvalue weighted by atomic mass is 9.96. The molecule has 27 heavy (non-hydrogen) atoms. The van der Waals surface area contributed by atoms with Gasteiger partial charge in [0.05, 0.1) is 12.7 Å². The summed E-state index contributed by atoms with van der Waals surface area (Å²) in [5.41, 5.74) is 12.6. The van der Waals surface area contributed by atoms with Crippen molar-refractivity contribution < 1.29 is 0 Å². The molecule has 1 heterocycles. The molecule has 2 aromatic rings. The monoisotopic (exact) mass is 360 g/mol. The number of hydrogen-bond donors (Lipinski definition) is 0. The molecule has 1 aliphatic carbocycles. The third-order valence-electron chi connectivity index (χ3n) is 6.19. The summed E-state index contributed by atoms with van der Waals surface area (Å²) in [5, 5.41) is 0. The topological polar surface area (TPSA) is 6.48 Å². The minimum atomic E-state index is 0.499. The lowest BCUT2D eigenvalue weighted by Crippen LogP contribution is -2.32. The molecule has 2 heteroatoms. The molecular weight excluding hydrogens is 328 g/mol. The molecule has 0 radical (unpaired) electrons. The molecule has 1 fully saturated rings. The number of rotatable bonds is 2. The van der Waals surface area contributed by atoms with E-state index in [4.69, 9.17) is 0 Å². The molecule has 0 unspecified atom stereocenters. The molecule has 1 saturated heterocycles. The van der Waals surface area contributed by atoms with Crippen LogP contribution in [0.3, 0.4) is 0 Å². The van der Waals surface area contributed by atoms with Gasteiger partial charge in [-0.15, -0.1) is 0 Å². The summed E-state index contributed by atoms with van der Waals surface area (Å²) in [7, 11) is 0. The van der Waals surface area contributed by atoms with Crippen LogP contribution in [0.5, 0.6) is 0 Å². The molecule has 2 nitrogen and oxygen atoms in total. The minimum absolute atomic E-state index is 0.499. The summed E-state index contributed by atoms with van der Waals surface area (Å²) < 4.78 is 0. The van der Waals surface area contributed by atoms with Crippen molar-refractivity contribution in [3.8, 4) is 0 Å². The molecule has 1 atom stereocenters. The molecule has 2 aliphatic rings. The Morgan fingerprint density at radius 1 is 0.741 bits per heavy atom. The average Bonchev–Trinajstić information content (AvgIpc) is 2.93. The van der Waals surface area contributed by atoms with Crippen molar-refractivity contribution in [2.75, 3.05) is 16.5 Å². The third kappa shape index (κ3) is 3.05. The van der Waals surface area contributed by atoms with E-state index in [2.05, 4.69) is 81.7 Å². The van der Waals surface area contributed by atoms with Gasteiger partial charge in [0, 0.05) is 17.1 Å². The van der Waals surface area contributed by atoms with Crippen LogP contribution in [0.2, 0.25) is 0 Å². The maximum Gasteiger partial charge on any atom is 0.0956 e. The van der Waals surface area contributed by atoms with E-state index >= 15 is 0 Å². The van der Waals surface area contributed by atoms with Gasteiger partial charge in [0.2, 0.25) is 0 Å². The van der Waals surface area contributed by atoms with Crippen LogP contribution in [0, 0.1) is 41.5 Å². The van der Waals surface area contributed by atoms with Crippen molar-refractivity contribution in [1.82, 2.24) is 0 Å². The second-order valence-corrected chi connectivity index (χ2v) is 8.61. The zero-order valence-corrected chi connectivity index (χ0v) is 17.7. The van der Waals surface area contributed by atoms with Gasteiger partial charge in [-0.05, 0) is 83.1 Å². The van der Waals surface area contributed by atoms with Gasteiger partial charge in [-0.2, -0.15) is 0 Å². The molecule has 0 amide bonds. The number of anilines is 2. The highest BCUT2D eigenvalue weighted by molar-refractivity contribution is 5.71. The van der Waals surface area contributed by atoms with Crippen molar-refractivity contribution in [3.63, 3.8) is 0 Å². The average molecular weight is 361 g/mol. The Hall–Kier alpha value is -2.22. The van der Waals surface area contributed by atoms with Crippen LogP contribution in [0.4, 0.5) is 11.4 Å². The highest BCUT2D eigenvalue weighted by atomic mass is 15.4. The maximum absolute atomic E-state index is 2.66. The van der Waals surface area contributed by atoms with Crippen molar-refractivity contribution in [2.45, 2.75) is 66.8 Å². The molecule has 2 aromatic carbocycles. The molecule has 0 saturated carbocycles. The summed E-state index contributed by atoms with van der Waals surface area (Å²) in [6, 6.07) is 9.82. The Kier molecular flexibility index (Phi) is 4.53. The van der Waals surface area contributed by atoms with Crippen molar-refractivity contribution in [1.29, 1.82) is 0 Å². The summed E-state index contributed by atoms with van der Waals surface area (Å²) in [6.07, 6.45) is 6.23. The Balaban J connectivity index is 1.83. The van der Waals surface area contributed by atoms with Gasteiger partial charge in [0.1, 0.15) is 0 Å². The minimum Gasteiger partial charge on any atom is -0.344 e. The summed E-state index contributed by atoms with van der Waals surface area (Å²) in [5.74, 6) is 0. The third-order valence-corrected chi connectivity index (χ3v) is 6.19. The van der Waals surface area contributed by atoms with E-state index < -0.39 is 0 Å². The number of allylic oxidation sites excluding steroid dienone is 1. The fourth-order valence-electron chi connectivity index (χ4n) is 5.43. The second-order valence-electron chi connectivity index (χ2n) is 8.61. The Bertz CT molecular complexity index is 876. The summed E-state index contributed by atoms with van der Waals surface area (Å²) >= 11 is 0. The lowest BCUT2D eigenvalue weighted by molar-refractivity contribution is 0.613. The predicted molar refractivity (Wildman–Crippen MR) is 117 cm³/mol. The van der Waals surface area contributed by atoms with E-state index in [1.54, 1.807) is 0 Å². The van der Waals surface area contributed by atoms with E-state index in [0.717, 1.165) is 6.67 Å². The maximum atomic E-state index is 2.66. The van der Waals surface area contributed by atoms with Gasteiger partial charge in [0.25, 0.3) is 0 Å². The van der Waals surface area contributed by atoms with Gasteiger partial charge in [-0.3, -0.25) is 0 Å². The molecule has 142 valence electrons.